The van der Waals surface area contributed by atoms with Crippen LogP contribution in [-0.2, 0) is 16.0 Å². The van der Waals surface area contributed by atoms with Crippen LogP contribution < -0.4 is 9.47 Å². The van der Waals surface area contributed by atoms with Crippen molar-refractivity contribution in [2.24, 2.45) is 0 Å². The Hall–Kier alpha value is -2.79. The lowest BCUT2D eigenvalue weighted by Crippen LogP contribution is -2.51. The van der Waals surface area contributed by atoms with E-state index in [9.17, 15) is 4.79 Å². The van der Waals surface area contributed by atoms with Crippen molar-refractivity contribution < 1.29 is 19.0 Å². The number of esters is 1. The fourth-order valence-corrected chi connectivity index (χ4v) is 4.32. The molecule has 27 heavy (non-hydrogen) atoms. The molecule has 0 unspecified atom stereocenters. The van der Waals surface area contributed by atoms with E-state index in [2.05, 4.69) is 23.6 Å². The summed E-state index contributed by atoms with van der Waals surface area (Å²) < 4.78 is 16.1. The van der Waals surface area contributed by atoms with Crippen molar-refractivity contribution in [3.05, 3.63) is 65.2 Å². The summed E-state index contributed by atoms with van der Waals surface area (Å²) in [7, 11) is 4.70. The van der Waals surface area contributed by atoms with Crippen LogP contribution in [0.3, 0.4) is 0 Å². The van der Waals surface area contributed by atoms with Gasteiger partial charge in [-0.3, -0.25) is 9.69 Å². The van der Waals surface area contributed by atoms with E-state index in [1.165, 1.54) is 7.11 Å². The van der Waals surface area contributed by atoms with Gasteiger partial charge in [-0.2, -0.15) is 0 Å². The van der Waals surface area contributed by atoms with Crippen LogP contribution in [-0.4, -0.2) is 44.8 Å². The van der Waals surface area contributed by atoms with Crippen molar-refractivity contribution in [3.8, 4) is 11.5 Å². The average molecular weight is 365 g/mol. The van der Waals surface area contributed by atoms with Gasteiger partial charge in [0, 0.05) is 6.54 Å². The number of rotatable bonds is 3. The standard InChI is InChI=1S/C22H23NO4/c1-13-12-23-18(22(24)27-4)9-14-10-19(25-2)20(26-3)11-17(14)21(23)16-8-6-5-7-15(13)16/h5-8,10-11,18,21H,1,9,12H2,2-4H3/t18-,21+/m0/s1. The summed E-state index contributed by atoms with van der Waals surface area (Å²) >= 11 is 0. The highest BCUT2D eigenvalue weighted by Gasteiger charge is 2.43. The molecule has 0 amide bonds. The molecule has 140 valence electrons. The van der Waals surface area contributed by atoms with Crippen LogP contribution in [0.1, 0.15) is 28.3 Å². The average Bonchev–Trinajstić information content (AvgIpc) is 2.71. The minimum absolute atomic E-state index is 0.0562. The Morgan fingerprint density at radius 3 is 2.48 bits per heavy atom. The van der Waals surface area contributed by atoms with Gasteiger partial charge in [0.15, 0.2) is 11.5 Å². The lowest BCUT2D eigenvalue weighted by atomic mass is 9.78. The second kappa shape index (κ2) is 6.74. The van der Waals surface area contributed by atoms with Gasteiger partial charge >= 0.3 is 5.97 Å². The number of fused-ring (bicyclic) bond motifs is 5. The summed E-state index contributed by atoms with van der Waals surface area (Å²) in [6.07, 6.45) is 0.564. The smallest absolute Gasteiger partial charge is 0.323 e. The fourth-order valence-electron chi connectivity index (χ4n) is 4.32. The summed E-state index contributed by atoms with van der Waals surface area (Å²) in [6, 6.07) is 11.8. The quantitative estimate of drug-likeness (QED) is 0.782. The summed E-state index contributed by atoms with van der Waals surface area (Å²) in [4.78, 5) is 14.8. The molecular weight excluding hydrogens is 342 g/mol. The van der Waals surface area contributed by atoms with E-state index in [4.69, 9.17) is 14.2 Å². The Bertz CT molecular complexity index is 921. The monoisotopic (exact) mass is 365 g/mol. The van der Waals surface area contributed by atoms with Crippen LogP contribution in [0.25, 0.3) is 5.57 Å². The number of hydrogen-bond acceptors (Lipinski definition) is 5. The molecule has 2 atom stereocenters. The molecule has 0 bridgehead atoms. The summed E-state index contributed by atoms with van der Waals surface area (Å²) in [5, 5.41) is 0. The molecular formula is C22H23NO4. The Morgan fingerprint density at radius 1 is 1.07 bits per heavy atom. The van der Waals surface area contributed by atoms with Crippen LogP contribution >= 0.6 is 0 Å². The van der Waals surface area contributed by atoms with E-state index in [1.807, 2.05) is 24.3 Å². The number of ether oxygens (including phenoxy) is 3. The van der Waals surface area contributed by atoms with Gasteiger partial charge in [-0.05, 0) is 46.4 Å². The molecule has 0 fully saturated rings. The highest BCUT2D eigenvalue weighted by molar-refractivity contribution is 5.80. The molecule has 0 spiro atoms. The summed E-state index contributed by atoms with van der Waals surface area (Å²) in [5.41, 5.74) is 5.51. The number of benzene rings is 2. The second-order valence-corrected chi connectivity index (χ2v) is 6.91. The normalized spacial score (nSPS) is 20.9. The Balaban J connectivity index is 1.95. The van der Waals surface area contributed by atoms with Gasteiger partial charge in [-0.25, -0.2) is 0 Å². The molecule has 0 saturated carbocycles. The molecule has 4 rings (SSSR count). The maximum Gasteiger partial charge on any atom is 0.323 e. The third-order valence-corrected chi connectivity index (χ3v) is 5.57. The molecule has 2 heterocycles. The maximum absolute atomic E-state index is 12.6. The third kappa shape index (κ3) is 2.70. The Kier molecular flexibility index (Phi) is 4.40. The van der Waals surface area contributed by atoms with Gasteiger partial charge in [-0.15, -0.1) is 0 Å². The first-order valence-corrected chi connectivity index (χ1v) is 8.94. The van der Waals surface area contributed by atoms with E-state index < -0.39 is 0 Å². The fraction of sp³-hybridized carbons (Fsp3) is 0.318. The minimum Gasteiger partial charge on any atom is -0.493 e. The molecule has 2 aromatic rings. The zero-order chi connectivity index (χ0) is 19.1. The summed E-state index contributed by atoms with van der Waals surface area (Å²) in [6.45, 7) is 4.87. The largest absolute Gasteiger partial charge is 0.493 e. The van der Waals surface area contributed by atoms with Gasteiger partial charge < -0.3 is 14.2 Å². The first kappa shape index (κ1) is 17.6. The van der Waals surface area contributed by atoms with Crippen molar-refractivity contribution in [3.63, 3.8) is 0 Å². The number of methoxy groups -OCH3 is 3. The Morgan fingerprint density at radius 2 is 1.78 bits per heavy atom. The first-order chi connectivity index (χ1) is 13.1. The van der Waals surface area contributed by atoms with E-state index in [0.717, 1.165) is 27.8 Å². The molecule has 2 aliphatic heterocycles. The lowest BCUT2D eigenvalue weighted by molar-refractivity contribution is -0.148. The minimum atomic E-state index is -0.365. The number of carbonyl (C=O) groups is 1. The van der Waals surface area contributed by atoms with Gasteiger partial charge in [0.05, 0.1) is 27.4 Å². The molecule has 0 radical (unpaired) electrons. The second-order valence-electron chi connectivity index (χ2n) is 6.91. The van der Waals surface area contributed by atoms with Crippen molar-refractivity contribution in [1.29, 1.82) is 0 Å². The van der Waals surface area contributed by atoms with Crippen molar-refractivity contribution in [2.45, 2.75) is 18.5 Å². The molecule has 0 aliphatic carbocycles. The van der Waals surface area contributed by atoms with E-state index in [0.29, 0.717) is 24.5 Å². The molecule has 5 nitrogen and oxygen atoms in total. The van der Waals surface area contributed by atoms with E-state index in [-0.39, 0.29) is 18.1 Å². The molecule has 0 aromatic heterocycles. The number of carbonyl (C=O) groups excluding carboxylic acids is 1. The highest BCUT2D eigenvalue weighted by atomic mass is 16.5. The number of hydrogen-bond donors (Lipinski definition) is 0. The van der Waals surface area contributed by atoms with Gasteiger partial charge in [0.1, 0.15) is 6.04 Å². The van der Waals surface area contributed by atoms with Crippen LogP contribution in [0.4, 0.5) is 0 Å². The zero-order valence-corrected chi connectivity index (χ0v) is 15.8. The van der Waals surface area contributed by atoms with Gasteiger partial charge in [-0.1, -0.05) is 30.8 Å². The molecule has 2 aliphatic rings. The van der Waals surface area contributed by atoms with Gasteiger partial charge in [0.25, 0.3) is 0 Å². The molecule has 2 aromatic carbocycles. The zero-order valence-electron chi connectivity index (χ0n) is 15.8. The topological polar surface area (TPSA) is 48.0 Å². The Labute approximate surface area is 159 Å². The predicted molar refractivity (Wildman–Crippen MR) is 103 cm³/mol. The molecule has 0 N–H and O–H groups in total. The maximum atomic E-state index is 12.6. The lowest BCUT2D eigenvalue weighted by Gasteiger charge is -2.46. The van der Waals surface area contributed by atoms with Gasteiger partial charge in [0.2, 0.25) is 0 Å². The molecule has 0 saturated heterocycles. The van der Waals surface area contributed by atoms with Crippen LogP contribution in [0, 0.1) is 0 Å². The van der Waals surface area contributed by atoms with Crippen molar-refractivity contribution in [1.82, 2.24) is 4.90 Å². The van der Waals surface area contributed by atoms with Crippen molar-refractivity contribution in [2.75, 3.05) is 27.9 Å². The number of nitrogens with zero attached hydrogens (tertiary/aromatic N) is 1. The first-order valence-electron chi connectivity index (χ1n) is 8.94. The van der Waals surface area contributed by atoms with Crippen LogP contribution in [0.2, 0.25) is 0 Å². The SMILES string of the molecule is C=C1CN2[C@@H](c3cc(OC)c(OC)cc3C[C@H]2C(=O)OC)c2ccccc21. The summed E-state index contributed by atoms with van der Waals surface area (Å²) in [5.74, 6) is 1.13. The van der Waals surface area contributed by atoms with Crippen molar-refractivity contribution >= 4 is 11.5 Å². The van der Waals surface area contributed by atoms with Crippen LogP contribution in [0.5, 0.6) is 11.5 Å². The van der Waals surface area contributed by atoms with E-state index in [1.54, 1.807) is 14.2 Å². The third-order valence-electron chi connectivity index (χ3n) is 5.57. The van der Waals surface area contributed by atoms with Crippen LogP contribution in [0.15, 0.2) is 43.0 Å². The highest BCUT2D eigenvalue weighted by Crippen LogP contribution is 2.47. The molecule has 5 heteroatoms. The predicted octanol–water partition coefficient (Wildman–Crippen LogP) is 3.22. The van der Waals surface area contributed by atoms with E-state index >= 15 is 0 Å².